The third-order valence-corrected chi connectivity index (χ3v) is 5.05. The molecule has 0 aromatic heterocycles. The highest BCUT2D eigenvalue weighted by Gasteiger charge is 2.34. The van der Waals surface area contributed by atoms with Crippen LogP contribution in [0.1, 0.15) is 42.5 Å². The first-order valence-corrected chi connectivity index (χ1v) is 9.21. The van der Waals surface area contributed by atoms with E-state index in [1.165, 1.54) is 24.0 Å². The molecule has 25 heavy (non-hydrogen) atoms. The Morgan fingerprint density at radius 1 is 1.12 bits per heavy atom. The first-order valence-electron chi connectivity index (χ1n) is 8.83. The van der Waals surface area contributed by atoms with Gasteiger partial charge >= 0.3 is 0 Å². The minimum Gasteiger partial charge on any atom is -0.324 e. The molecule has 0 bridgehead atoms. The normalized spacial score (nSPS) is 16.3. The van der Waals surface area contributed by atoms with Crippen molar-refractivity contribution in [2.75, 3.05) is 5.32 Å². The second-order valence-corrected chi connectivity index (χ2v) is 7.50. The lowest BCUT2D eigenvalue weighted by molar-refractivity contribution is -0.118. The molecule has 3 nitrogen and oxygen atoms in total. The van der Waals surface area contributed by atoms with Gasteiger partial charge in [0.25, 0.3) is 0 Å². The zero-order chi connectivity index (χ0) is 18.0. The molecule has 1 amide bonds. The second kappa shape index (κ2) is 7.59. The second-order valence-electron chi connectivity index (χ2n) is 7.06. The molecule has 4 heteroatoms. The van der Waals surface area contributed by atoms with Crippen LogP contribution in [0.3, 0.4) is 0 Å². The summed E-state index contributed by atoms with van der Waals surface area (Å²) in [6.07, 6.45) is 2.43. The molecule has 132 valence electrons. The zero-order valence-electron chi connectivity index (χ0n) is 15.0. The molecule has 1 fully saturated rings. The van der Waals surface area contributed by atoms with Crippen LogP contribution in [-0.2, 0) is 4.79 Å². The largest absolute Gasteiger partial charge is 0.324 e. The predicted octanol–water partition coefficient (Wildman–Crippen LogP) is 5.02. The molecule has 2 aromatic rings. The highest BCUT2D eigenvalue weighted by Crippen LogP contribution is 2.41. The van der Waals surface area contributed by atoms with Gasteiger partial charge in [-0.05, 0) is 62.8 Å². The van der Waals surface area contributed by atoms with E-state index < -0.39 is 0 Å². The first kappa shape index (κ1) is 18.0. The molecular weight excluding hydrogens is 332 g/mol. The van der Waals surface area contributed by atoms with Crippen molar-refractivity contribution in [1.29, 1.82) is 0 Å². The molecule has 0 saturated heterocycles. The number of rotatable bonds is 6. The van der Waals surface area contributed by atoms with Crippen LogP contribution in [0, 0.1) is 19.8 Å². The van der Waals surface area contributed by atoms with Gasteiger partial charge < -0.3 is 5.32 Å². The Morgan fingerprint density at radius 2 is 1.80 bits per heavy atom. The van der Waals surface area contributed by atoms with Gasteiger partial charge in [0.05, 0.1) is 6.04 Å². The minimum atomic E-state index is -0.287. The van der Waals surface area contributed by atoms with Gasteiger partial charge in [-0.15, -0.1) is 0 Å². The minimum absolute atomic E-state index is 0.0388. The van der Waals surface area contributed by atoms with Crippen molar-refractivity contribution in [3.63, 3.8) is 0 Å². The Labute approximate surface area is 154 Å². The van der Waals surface area contributed by atoms with Gasteiger partial charge in [0, 0.05) is 16.8 Å². The van der Waals surface area contributed by atoms with E-state index in [9.17, 15) is 4.79 Å². The van der Waals surface area contributed by atoms with Crippen LogP contribution in [-0.4, -0.2) is 11.9 Å². The fourth-order valence-corrected chi connectivity index (χ4v) is 3.19. The first-order chi connectivity index (χ1) is 11.9. The summed E-state index contributed by atoms with van der Waals surface area (Å²) < 4.78 is 0. The van der Waals surface area contributed by atoms with E-state index in [0.29, 0.717) is 10.9 Å². The fraction of sp³-hybridized carbons (Fsp3) is 0.381. The van der Waals surface area contributed by atoms with Gasteiger partial charge in [0.1, 0.15) is 0 Å². The van der Waals surface area contributed by atoms with Crippen LogP contribution in [0.4, 0.5) is 5.69 Å². The molecular formula is C21H25ClN2O. The Balaban J connectivity index is 1.68. The molecule has 0 radical (unpaired) electrons. The lowest BCUT2D eigenvalue weighted by Gasteiger charge is -2.24. The summed E-state index contributed by atoms with van der Waals surface area (Å²) in [6.45, 7) is 5.97. The van der Waals surface area contributed by atoms with Crippen LogP contribution in [0.15, 0.2) is 42.5 Å². The number of benzene rings is 2. The molecule has 2 atom stereocenters. The van der Waals surface area contributed by atoms with E-state index in [1.54, 1.807) is 6.07 Å². The lowest BCUT2D eigenvalue weighted by Crippen LogP contribution is -2.41. The van der Waals surface area contributed by atoms with Crippen molar-refractivity contribution in [3.8, 4) is 0 Å². The lowest BCUT2D eigenvalue weighted by atomic mass is 10.00. The summed E-state index contributed by atoms with van der Waals surface area (Å²) in [4.78, 5) is 12.6. The summed E-state index contributed by atoms with van der Waals surface area (Å²) in [6, 6.07) is 14.1. The number of carbonyl (C=O) groups excluding carboxylic acids is 1. The number of aryl methyl sites for hydroxylation is 2. The summed E-state index contributed by atoms with van der Waals surface area (Å²) in [5, 5.41) is 7.14. The van der Waals surface area contributed by atoms with Gasteiger partial charge in [0.2, 0.25) is 5.91 Å². The van der Waals surface area contributed by atoms with Crippen LogP contribution in [0.2, 0.25) is 5.02 Å². The molecule has 1 aliphatic carbocycles. The molecule has 0 heterocycles. The van der Waals surface area contributed by atoms with Gasteiger partial charge in [-0.2, -0.15) is 0 Å². The van der Waals surface area contributed by atoms with Crippen LogP contribution in [0.25, 0.3) is 0 Å². The maximum Gasteiger partial charge on any atom is 0.241 e. The average Bonchev–Trinajstić information content (AvgIpc) is 3.41. The molecule has 0 aliphatic heterocycles. The van der Waals surface area contributed by atoms with Crippen molar-refractivity contribution in [3.05, 3.63) is 64.2 Å². The van der Waals surface area contributed by atoms with Crippen molar-refractivity contribution in [1.82, 2.24) is 5.32 Å². The SMILES string of the molecule is Cc1ccc([C@H](N[C@@H](C)C(=O)Nc2cc(Cl)ccc2C)C2CC2)cc1. The van der Waals surface area contributed by atoms with Crippen molar-refractivity contribution in [2.24, 2.45) is 5.92 Å². The van der Waals surface area contributed by atoms with Gasteiger partial charge in [0.15, 0.2) is 0 Å². The smallest absolute Gasteiger partial charge is 0.241 e. The number of hydrogen-bond acceptors (Lipinski definition) is 2. The summed E-state index contributed by atoms with van der Waals surface area (Å²) >= 11 is 6.04. The Kier molecular flexibility index (Phi) is 5.45. The zero-order valence-corrected chi connectivity index (χ0v) is 15.7. The van der Waals surface area contributed by atoms with Crippen molar-refractivity contribution >= 4 is 23.2 Å². The summed E-state index contributed by atoms with van der Waals surface area (Å²) in [5.74, 6) is 0.578. The average molecular weight is 357 g/mol. The summed E-state index contributed by atoms with van der Waals surface area (Å²) in [7, 11) is 0. The molecule has 2 N–H and O–H groups in total. The van der Waals surface area contributed by atoms with Crippen LogP contribution < -0.4 is 10.6 Å². The number of nitrogens with one attached hydrogen (secondary N) is 2. The van der Waals surface area contributed by atoms with Crippen molar-refractivity contribution in [2.45, 2.75) is 45.7 Å². The highest BCUT2D eigenvalue weighted by molar-refractivity contribution is 6.31. The predicted molar refractivity (Wildman–Crippen MR) is 104 cm³/mol. The van der Waals surface area contributed by atoms with E-state index in [2.05, 4.69) is 41.8 Å². The van der Waals surface area contributed by atoms with Gasteiger partial charge in [-0.25, -0.2) is 0 Å². The number of halogens is 1. The van der Waals surface area contributed by atoms with E-state index in [1.807, 2.05) is 26.0 Å². The Hall–Kier alpha value is -1.84. The van der Waals surface area contributed by atoms with Crippen molar-refractivity contribution < 1.29 is 4.79 Å². The Morgan fingerprint density at radius 3 is 2.44 bits per heavy atom. The van der Waals surface area contributed by atoms with E-state index in [0.717, 1.165) is 11.3 Å². The highest BCUT2D eigenvalue weighted by atomic mass is 35.5. The number of carbonyl (C=O) groups is 1. The standard InChI is InChI=1S/C21H25ClN2O/c1-13-4-7-16(8-5-13)20(17-9-10-17)23-15(3)21(25)24-19-12-18(22)11-6-14(19)2/h4-8,11-12,15,17,20,23H,9-10H2,1-3H3,(H,24,25)/t15-,20-/m0/s1. The quantitative estimate of drug-likeness (QED) is 0.762. The van der Waals surface area contributed by atoms with Gasteiger partial charge in [-0.1, -0.05) is 47.5 Å². The molecule has 2 aromatic carbocycles. The van der Waals surface area contributed by atoms with E-state index in [4.69, 9.17) is 11.6 Å². The molecule has 1 saturated carbocycles. The third-order valence-electron chi connectivity index (χ3n) is 4.81. The van der Waals surface area contributed by atoms with Crippen LogP contribution in [0.5, 0.6) is 0 Å². The van der Waals surface area contributed by atoms with Gasteiger partial charge in [-0.3, -0.25) is 10.1 Å². The maximum atomic E-state index is 12.6. The van der Waals surface area contributed by atoms with E-state index in [-0.39, 0.29) is 18.0 Å². The molecule has 0 unspecified atom stereocenters. The third kappa shape index (κ3) is 4.62. The number of hydrogen-bond donors (Lipinski definition) is 2. The topological polar surface area (TPSA) is 41.1 Å². The number of amides is 1. The number of anilines is 1. The Bertz CT molecular complexity index is 753. The maximum absolute atomic E-state index is 12.6. The monoisotopic (exact) mass is 356 g/mol. The fourth-order valence-electron chi connectivity index (χ4n) is 3.02. The molecule has 0 spiro atoms. The van der Waals surface area contributed by atoms with Crippen LogP contribution >= 0.6 is 11.6 Å². The molecule has 3 rings (SSSR count). The molecule has 1 aliphatic rings. The summed E-state index contributed by atoms with van der Waals surface area (Å²) in [5.41, 5.74) is 4.28. The van der Waals surface area contributed by atoms with E-state index >= 15 is 0 Å².